The largest absolute Gasteiger partial charge is 0.385 e. The number of amides is 1. The summed E-state index contributed by atoms with van der Waals surface area (Å²) >= 11 is 0. The zero-order chi connectivity index (χ0) is 14.5. The van der Waals surface area contributed by atoms with Crippen molar-refractivity contribution in [1.29, 1.82) is 0 Å². The molecular weight excluding hydrogens is 258 g/mol. The predicted molar refractivity (Wildman–Crippen MR) is 73.3 cm³/mol. The monoisotopic (exact) mass is 275 g/mol. The van der Waals surface area contributed by atoms with E-state index in [1.807, 2.05) is 19.9 Å². The van der Waals surface area contributed by atoms with Crippen molar-refractivity contribution >= 4 is 11.6 Å². The second kappa shape index (κ2) is 6.14. The summed E-state index contributed by atoms with van der Waals surface area (Å²) in [5.41, 5.74) is 2.11. The highest BCUT2D eigenvalue weighted by Crippen LogP contribution is 2.15. The maximum atomic E-state index is 12.2. The second-order valence-corrected chi connectivity index (χ2v) is 4.32. The van der Waals surface area contributed by atoms with Crippen LogP contribution < -0.4 is 10.6 Å². The molecule has 7 nitrogen and oxygen atoms in total. The van der Waals surface area contributed by atoms with Gasteiger partial charge in [0.25, 0.3) is 5.91 Å². The second-order valence-electron chi connectivity index (χ2n) is 4.32. The molecular formula is C13H17N5O2. The van der Waals surface area contributed by atoms with E-state index in [4.69, 9.17) is 4.52 Å². The van der Waals surface area contributed by atoms with E-state index in [1.54, 1.807) is 13.1 Å². The number of nitrogens with one attached hydrogen (secondary N) is 2. The number of anilines is 1. The fourth-order valence-electron chi connectivity index (χ4n) is 1.74. The number of rotatable bonds is 5. The van der Waals surface area contributed by atoms with Crippen LogP contribution in [-0.2, 0) is 6.54 Å². The van der Waals surface area contributed by atoms with Gasteiger partial charge in [0, 0.05) is 18.4 Å². The van der Waals surface area contributed by atoms with Crippen LogP contribution in [0.25, 0.3) is 0 Å². The van der Waals surface area contributed by atoms with Crippen LogP contribution in [-0.4, -0.2) is 27.6 Å². The van der Waals surface area contributed by atoms with Crippen LogP contribution in [0.1, 0.15) is 34.7 Å². The highest BCUT2D eigenvalue weighted by molar-refractivity contribution is 5.99. The molecule has 0 aliphatic heterocycles. The Balaban J connectivity index is 2.08. The molecule has 2 heterocycles. The summed E-state index contributed by atoms with van der Waals surface area (Å²) in [5, 5.41) is 9.54. The van der Waals surface area contributed by atoms with E-state index in [1.165, 1.54) is 0 Å². The van der Waals surface area contributed by atoms with Crippen molar-refractivity contribution in [2.45, 2.75) is 27.3 Å². The molecule has 0 bridgehead atoms. The fourth-order valence-corrected chi connectivity index (χ4v) is 1.74. The summed E-state index contributed by atoms with van der Waals surface area (Å²) in [6.07, 6.45) is 1.56. The van der Waals surface area contributed by atoms with Crippen LogP contribution in [0.5, 0.6) is 0 Å². The van der Waals surface area contributed by atoms with Gasteiger partial charge in [-0.15, -0.1) is 0 Å². The fraction of sp³-hybridized carbons (Fsp3) is 0.385. The molecule has 0 spiro atoms. The van der Waals surface area contributed by atoms with Gasteiger partial charge >= 0.3 is 0 Å². The lowest BCUT2D eigenvalue weighted by Crippen LogP contribution is -2.24. The molecule has 2 aromatic heterocycles. The van der Waals surface area contributed by atoms with Crippen molar-refractivity contribution in [3.63, 3.8) is 0 Å². The van der Waals surface area contributed by atoms with Gasteiger partial charge in [-0.05, 0) is 26.8 Å². The van der Waals surface area contributed by atoms with Crippen LogP contribution in [0.15, 0.2) is 16.8 Å². The van der Waals surface area contributed by atoms with E-state index in [0.29, 0.717) is 17.3 Å². The van der Waals surface area contributed by atoms with Crippen molar-refractivity contribution in [1.82, 2.24) is 20.4 Å². The molecule has 7 heteroatoms. The van der Waals surface area contributed by atoms with Crippen molar-refractivity contribution < 1.29 is 9.32 Å². The molecule has 0 aliphatic rings. The van der Waals surface area contributed by atoms with Gasteiger partial charge in [0.2, 0.25) is 5.89 Å². The third-order valence-corrected chi connectivity index (χ3v) is 2.62. The van der Waals surface area contributed by atoms with Gasteiger partial charge in [-0.2, -0.15) is 4.98 Å². The number of hydrogen-bond acceptors (Lipinski definition) is 6. The molecule has 1 amide bonds. The number of pyridine rings is 1. The Morgan fingerprint density at radius 1 is 1.40 bits per heavy atom. The van der Waals surface area contributed by atoms with E-state index in [-0.39, 0.29) is 12.5 Å². The Bertz CT molecular complexity index is 609. The van der Waals surface area contributed by atoms with E-state index in [0.717, 1.165) is 17.9 Å². The molecule has 0 aliphatic carbocycles. The topological polar surface area (TPSA) is 92.9 Å². The summed E-state index contributed by atoms with van der Waals surface area (Å²) < 4.78 is 4.94. The van der Waals surface area contributed by atoms with Crippen molar-refractivity contribution in [3.05, 3.63) is 35.2 Å². The molecule has 2 N–H and O–H groups in total. The maximum Gasteiger partial charge on any atom is 0.255 e. The number of aryl methyl sites for hydroxylation is 2. The van der Waals surface area contributed by atoms with Crippen LogP contribution in [0.3, 0.4) is 0 Å². The number of hydrogen-bond donors (Lipinski definition) is 2. The number of carbonyl (C=O) groups is 1. The quantitative estimate of drug-likeness (QED) is 0.857. The Morgan fingerprint density at radius 2 is 2.20 bits per heavy atom. The van der Waals surface area contributed by atoms with Gasteiger partial charge < -0.3 is 15.2 Å². The third kappa shape index (κ3) is 3.31. The Kier molecular flexibility index (Phi) is 4.29. The van der Waals surface area contributed by atoms with Crippen LogP contribution in [0, 0.1) is 13.8 Å². The Morgan fingerprint density at radius 3 is 2.85 bits per heavy atom. The average Bonchev–Trinajstić information content (AvgIpc) is 2.82. The first kappa shape index (κ1) is 14.0. The molecule has 20 heavy (non-hydrogen) atoms. The highest BCUT2D eigenvalue weighted by atomic mass is 16.5. The molecule has 2 aromatic rings. The summed E-state index contributed by atoms with van der Waals surface area (Å²) in [4.78, 5) is 20.3. The van der Waals surface area contributed by atoms with Crippen molar-refractivity contribution in [2.24, 2.45) is 0 Å². The summed E-state index contributed by atoms with van der Waals surface area (Å²) in [6, 6.07) is 1.84. The van der Waals surface area contributed by atoms with Crippen molar-refractivity contribution in [2.75, 3.05) is 11.9 Å². The lowest BCUT2D eigenvalue weighted by molar-refractivity contribution is 0.0946. The molecule has 0 unspecified atom stereocenters. The Hall–Kier alpha value is -2.44. The molecule has 2 rings (SSSR count). The third-order valence-electron chi connectivity index (χ3n) is 2.62. The molecule has 0 aromatic carbocycles. The lowest BCUT2D eigenvalue weighted by Gasteiger charge is -2.10. The number of aromatic nitrogens is 3. The van der Waals surface area contributed by atoms with E-state index < -0.39 is 0 Å². The number of carbonyl (C=O) groups excluding carboxylic acids is 1. The summed E-state index contributed by atoms with van der Waals surface area (Å²) in [5.74, 6) is 0.685. The van der Waals surface area contributed by atoms with Crippen LogP contribution in [0.2, 0.25) is 0 Å². The lowest BCUT2D eigenvalue weighted by atomic mass is 10.2. The van der Waals surface area contributed by atoms with Gasteiger partial charge in [-0.3, -0.25) is 9.78 Å². The smallest absolute Gasteiger partial charge is 0.255 e. The molecule has 0 radical (unpaired) electrons. The SMILES string of the molecule is CCNc1cc(C)ncc1C(=O)NCc1nc(C)no1. The van der Waals surface area contributed by atoms with Crippen molar-refractivity contribution in [3.8, 4) is 0 Å². The average molecular weight is 275 g/mol. The van der Waals surface area contributed by atoms with E-state index in [9.17, 15) is 4.79 Å². The summed E-state index contributed by atoms with van der Waals surface area (Å²) in [6.45, 7) is 6.50. The zero-order valence-electron chi connectivity index (χ0n) is 11.7. The van der Waals surface area contributed by atoms with Gasteiger partial charge in [0.15, 0.2) is 5.82 Å². The van der Waals surface area contributed by atoms with Crippen LogP contribution in [0.4, 0.5) is 5.69 Å². The minimum absolute atomic E-state index is 0.194. The standard InChI is InChI=1S/C13H17N5O2/c1-4-14-11-5-8(2)15-6-10(11)13(19)16-7-12-17-9(3)18-20-12/h5-6H,4,7H2,1-3H3,(H,14,15)(H,16,19). The van der Waals surface area contributed by atoms with E-state index >= 15 is 0 Å². The molecule has 106 valence electrons. The normalized spacial score (nSPS) is 10.3. The highest BCUT2D eigenvalue weighted by Gasteiger charge is 2.13. The number of nitrogens with zero attached hydrogens (tertiary/aromatic N) is 3. The molecule has 0 atom stereocenters. The maximum absolute atomic E-state index is 12.2. The van der Waals surface area contributed by atoms with Gasteiger partial charge in [-0.1, -0.05) is 5.16 Å². The van der Waals surface area contributed by atoms with Gasteiger partial charge in [-0.25, -0.2) is 0 Å². The van der Waals surface area contributed by atoms with E-state index in [2.05, 4.69) is 25.8 Å². The minimum atomic E-state index is -0.232. The first-order valence-corrected chi connectivity index (χ1v) is 6.38. The van der Waals surface area contributed by atoms with Gasteiger partial charge in [0.1, 0.15) is 0 Å². The molecule has 0 saturated heterocycles. The first-order valence-electron chi connectivity index (χ1n) is 6.38. The van der Waals surface area contributed by atoms with Crippen LogP contribution >= 0.6 is 0 Å². The molecule has 0 saturated carbocycles. The predicted octanol–water partition coefficient (Wildman–Crippen LogP) is 1.44. The van der Waals surface area contributed by atoms with Gasteiger partial charge in [0.05, 0.1) is 17.8 Å². The molecule has 0 fully saturated rings. The first-order chi connectivity index (χ1) is 9.60. The zero-order valence-corrected chi connectivity index (χ0v) is 11.7. The summed E-state index contributed by atoms with van der Waals surface area (Å²) in [7, 11) is 0. The Labute approximate surface area is 116 Å². The minimum Gasteiger partial charge on any atom is -0.385 e.